The third-order valence-corrected chi connectivity index (χ3v) is 3.96. The number of methoxy groups -OCH3 is 1. The van der Waals surface area contributed by atoms with E-state index in [0.29, 0.717) is 0 Å². The van der Waals surface area contributed by atoms with Crippen LogP contribution in [0.2, 0.25) is 0 Å². The Labute approximate surface area is 154 Å². The highest BCUT2D eigenvalue weighted by Crippen LogP contribution is 2.14. The minimum atomic E-state index is -0.932. The SMILES string of the molecule is COC(=O)[C@H](CSCC(=O)C(=O)NCC(C)(C)CO[N+](=O)[O-])NC(C)=O. The maximum absolute atomic E-state index is 11.8. The first kappa shape index (κ1) is 23.6. The average molecular weight is 393 g/mol. The van der Waals surface area contributed by atoms with Crippen LogP contribution in [-0.2, 0) is 28.8 Å². The number of amides is 2. The molecule has 0 saturated carbocycles. The Bertz CT molecular complexity index is 552. The number of ketones is 1. The highest BCUT2D eigenvalue weighted by molar-refractivity contribution is 8.00. The van der Waals surface area contributed by atoms with E-state index in [1.54, 1.807) is 13.8 Å². The lowest BCUT2D eigenvalue weighted by Gasteiger charge is -2.23. The van der Waals surface area contributed by atoms with Gasteiger partial charge in [-0.05, 0) is 0 Å². The van der Waals surface area contributed by atoms with Gasteiger partial charge in [-0.25, -0.2) is 4.79 Å². The number of hydrogen-bond acceptors (Lipinski definition) is 9. The predicted molar refractivity (Wildman–Crippen MR) is 91.7 cm³/mol. The van der Waals surface area contributed by atoms with Crippen LogP contribution in [0.4, 0.5) is 0 Å². The molecule has 0 aliphatic carbocycles. The molecular weight excluding hydrogens is 370 g/mol. The van der Waals surface area contributed by atoms with E-state index in [9.17, 15) is 29.3 Å². The fourth-order valence-electron chi connectivity index (χ4n) is 1.59. The normalized spacial score (nSPS) is 11.8. The number of nitrogens with zero attached hydrogens (tertiary/aromatic N) is 1. The second-order valence-electron chi connectivity index (χ2n) is 6.06. The molecule has 0 aliphatic heterocycles. The molecule has 2 N–H and O–H groups in total. The second-order valence-corrected chi connectivity index (χ2v) is 7.09. The maximum atomic E-state index is 11.8. The molecule has 26 heavy (non-hydrogen) atoms. The molecule has 0 aromatic heterocycles. The standard InChI is InChI=1S/C14H23N3O8S/c1-9(18)16-10(13(21)24-4)5-26-6-11(19)12(20)15-7-14(2,3)8-25-17(22)23/h10H,5-8H2,1-4H3,(H,15,20)(H,16,18)/t10-/m0/s1. The van der Waals surface area contributed by atoms with E-state index < -0.39 is 40.1 Å². The predicted octanol–water partition coefficient (Wildman–Crippen LogP) is -0.683. The zero-order chi connectivity index (χ0) is 20.3. The van der Waals surface area contributed by atoms with Crippen molar-refractivity contribution in [3.05, 3.63) is 10.1 Å². The second kappa shape index (κ2) is 11.3. The van der Waals surface area contributed by atoms with Crippen molar-refractivity contribution >= 4 is 35.3 Å². The van der Waals surface area contributed by atoms with Crippen LogP contribution in [0.5, 0.6) is 0 Å². The number of nitrogens with one attached hydrogen (secondary N) is 2. The largest absolute Gasteiger partial charge is 0.467 e. The van der Waals surface area contributed by atoms with Crippen LogP contribution in [0.3, 0.4) is 0 Å². The van der Waals surface area contributed by atoms with Crippen molar-refractivity contribution in [2.45, 2.75) is 26.8 Å². The molecule has 0 spiro atoms. The van der Waals surface area contributed by atoms with E-state index in [1.807, 2.05) is 0 Å². The minimum absolute atomic E-state index is 0.00670. The molecule has 0 bridgehead atoms. The van der Waals surface area contributed by atoms with Crippen LogP contribution in [0, 0.1) is 15.5 Å². The number of carbonyl (C=O) groups excluding carboxylic acids is 4. The van der Waals surface area contributed by atoms with E-state index in [-0.39, 0.29) is 24.7 Å². The molecule has 0 unspecified atom stereocenters. The zero-order valence-corrected chi connectivity index (χ0v) is 15.8. The lowest BCUT2D eigenvalue weighted by Crippen LogP contribution is -2.43. The van der Waals surface area contributed by atoms with Gasteiger partial charge >= 0.3 is 5.97 Å². The lowest BCUT2D eigenvalue weighted by molar-refractivity contribution is -0.760. The number of esters is 1. The molecule has 0 fully saturated rings. The monoisotopic (exact) mass is 393 g/mol. The highest BCUT2D eigenvalue weighted by Gasteiger charge is 2.24. The number of carbonyl (C=O) groups is 4. The van der Waals surface area contributed by atoms with Gasteiger partial charge in [0.2, 0.25) is 11.7 Å². The summed E-state index contributed by atoms with van der Waals surface area (Å²) >= 11 is 0.991. The summed E-state index contributed by atoms with van der Waals surface area (Å²) in [6, 6.07) is -0.920. The van der Waals surface area contributed by atoms with E-state index in [0.717, 1.165) is 11.8 Å². The molecule has 0 heterocycles. The summed E-state index contributed by atoms with van der Waals surface area (Å²) < 4.78 is 4.54. The van der Waals surface area contributed by atoms with Gasteiger partial charge in [-0.1, -0.05) is 13.8 Å². The Kier molecular flexibility index (Phi) is 10.3. The fourth-order valence-corrected chi connectivity index (χ4v) is 2.48. The number of hydrogen-bond donors (Lipinski definition) is 2. The number of thioether (sulfide) groups is 1. The van der Waals surface area contributed by atoms with Gasteiger partial charge in [0.1, 0.15) is 12.6 Å². The topological polar surface area (TPSA) is 154 Å². The Balaban J connectivity index is 4.33. The van der Waals surface area contributed by atoms with Gasteiger partial charge in [0.15, 0.2) is 0 Å². The molecule has 11 nitrogen and oxygen atoms in total. The number of ether oxygens (including phenoxy) is 1. The summed E-state index contributed by atoms with van der Waals surface area (Å²) in [7, 11) is 1.17. The van der Waals surface area contributed by atoms with Crippen LogP contribution < -0.4 is 10.6 Å². The summed E-state index contributed by atoms with van der Waals surface area (Å²) in [5.74, 6) is -2.80. The van der Waals surface area contributed by atoms with Crippen molar-refractivity contribution in [2.75, 3.05) is 31.8 Å². The van der Waals surface area contributed by atoms with Gasteiger partial charge < -0.3 is 20.2 Å². The highest BCUT2D eigenvalue weighted by atomic mass is 32.2. The summed E-state index contributed by atoms with van der Waals surface area (Å²) in [6.45, 7) is 4.27. The van der Waals surface area contributed by atoms with Crippen LogP contribution in [0.15, 0.2) is 0 Å². The molecule has 0 aliphatic rings. The molecule has 0 rings (SSSR count). The molecule has 2 amide bonds. The van der Waals surface area contributed by atoms with Gasteiger partial charge in [-0.2, -0.15) is 11.8 Å². The Morgan fingerprint density at radius 2 is 1.88 bits per heavy atom. The molecule has 0 aromatic rings. The Morgan fingerprint density at radius 3 is 2.38 bits per heavy atom. The van der Waals surface area contributed by atoms with Crippen LogP contribution >= 0.6 is 11.8 Å². The average Bonchev–Trinajstić information content (AvgIpc) is 2.55. The minimum Gasteiger partial charge on any atom is -0.467 e. The van der Waals surface area contributed by atoms with Crippen LogP contribution in [-0.4, -0.2) is 66.5 Å². The molecule has 0 radical (unpaired) electrons. The van der Waals surface area contributed by atoms with Crippen molar-refractivity contribution in [1.82, 2.24) is 10.6 Å². The van der Waals surface area contributed by atoms with Gasteiger partial charge in [0, 0.05) is 24.6 Å². The molecule has 0 aromatic carbocycles. The van der Waals surface area contributed by atoms with Gasteiger partial charge in [-0.3, -0.25) is 14.4 Å². The molecule has 12 heteroatoms. The van der Waals surface area contributed by atoms with Gasteiger partial charge in [-0.15, -0.1) is 10.1 Å². The van der Waals surface area contributed by atoms with Gasteiger partial charge in [0.05, 0.1) is 12.9 Å². The molecule has 148 valence electrons. The Morgan fingerprint density at radius 1 is 1.27 bits per heavy atom. The van der Waals surface area contributed by atoms with Gasteiger partial charge in [0.25, 0.3) is 11.0 Å². The summed E-state index contributed by atoms with van der Waals surface area (Å²) in [5, 5.41) is 14.0. The number of Topliss-reactive ketones (excluding diaryl/α,β-unsaturated/α-hetero) is 1. The van der Waals surface area contributed by atoms with Crippen molar-refractivity contribution in [3.8, 4) is 0 Å². The first-order valence-electron chi connectivity index (χ1n) is 7.49. The van der Waals surface area contributed by atoms with Crippen LogP contribution in [0.25, 0.3) is 0 Å². The fraction of sp³-hybridized carbons (Fsp3) is 0.714. The van der Waals surface area contributed by atoms with Crippen molar-refractivity contribution in [3.63, 3.8) is 0 Å². The summed E-state index contributed by atoms with van der Waals surface area (Å²) in [5.41, 5.74) is -0.739. The van der Waals surface area contributed by atoms with E-state index in [1.165, 1.54) is 14.0 Å². The first-order valence-corrected chi connectivity index (χ1v) is 8.65. The van der Waals surface area contributed by atoms with E-state index >= 15 is 0 Å². The number of rotatable bonds is 12. The van der Waals surface area contributed by atoms with Crippen molar-refractivity contribution < 1.29 is 33.8 Å². The zero-order valence-electron chi connectivity index (χ0n) is 15.0. The van der Waals surface area contributed by atoms with Crippen molar-refractivity contribution in [2.24, 2.45) is 5.41 Å². The molecule has 0 saturated heterocycles. The third kappa shape index (κ3) is 10.5. The molecular formula is C14H23N3O8S. The quantitative estimate of drug-likeness (QED) is 0.190. The smallest absolute Gasteiger partial charge is 0.329 e. The van der Waals surface area contributed by atoms with Crippen LogP contribution in [0.1, 0.15) is 20.8 Å². The Hall–Kier alpha value is -2.37. The third-order valence-electron chi connectivity index (χ3n) is 2.92. The summed E-state index contributed by atoms with van der Waals surface area (Å²) in [4.78, 5) is 60.5. The molecule has 1 atom stereocenters. The van der Waals surface area contributed by atoms with E-state index in [2.05, 4.69) is 20.2 Å². The lowest BCUT2D eigenvalue weighted by atomic mass is 9.95. The first-order chi connectivity index (χ1) is 12.0. The maximum Gasteiger partial charge on any atom is 0.329 e. The summed E-state index contributed by atoms with van der Waals surface area (Å²) in [6.07, 6.45) is 0. The van der Waals surface area contributed by atoms with E-state index in [4.69, 9.17) is 0 Å². The van der Waals surface area contributed by atoms with Crippen molar-refractivity contribution in [1.29, 1.82) is 0 Å².